The van der Waals surface area contributed by atoms with Gasteiger partial charge in [-0.1, -0.05) is 6.92 Å². The zero-order chi connectivity index (χ0) is 13.7. The molecule has 2 rings (SSSR count). The third-order valence-electron chi connectivity index (χ3n) is 2.80. The molecule has 0 aliphatic rings. The molecule has 0 aliphatic heterocycles. The van der Waals surface area contributed by atoms with Gasteiger partial charge in [0.05, 0.1) is 19.4 Å². The first-order chi connectivity index (χ1) is 9.22. The fourth-order valence-corrected chi connectivity index (χ4v) is 1.78. The van der Waals surface area contributed by atoms with Crippen LogP contribution in [0.3, 0.4) is 0 Å². The van der Waals surface area contributed by atoms with Crippen molar-refractivity contribution in [3.8, 4) is 0 Å². The van der Waals surface area contributed by atoms with Gasteiger partial charge in [-0.15, -0.1) is 0 Å². The molecule has 0 saturated carbocycles. The summed E-state index contributed by atoms with van der Waals surface area (Å²) in [5.74, 6) is 6.44. The maximum absolute atomic E-state index is 11.3. The van der Waals surface area contributed by atoms with E-state index in [1.807, 2.05) is 17.6 Å². The van der Waals surface area contributed by atoms with Gasteiger partial charge in [0, 0.05) is 0 Å². The lowest BCUT2D eigenvalue weighted by atomic mass is 10.3. The zero-order valence-electron chi connectivity index (χ0n) is 10.8. The van der Waals surface area contributed by atoms with Crippen molar-refractivity contribution in [1.29, 1.82) is 0 Å². The molecule has 1 amide bonds. The number of hydrogen-bond donors (Lipinski definition) is 2. The second-order valence-corrected chi connectivity index (χ2v) is 4.12. The molecule has 0 saturated heterocycles. The first-order valence-electron chi connectivity index (χ1n) is 6.07. The van der Waals surface area contributed by atoms with Crippen molar-refractivity contribution < 1.29 is 13.6 Å². The van der Waals surface area contributed by atoms with Crippen LogP contribution in [0.15, 0.2) is 39.4 Å². The number of hydrogen-bond acceptors (Lipinski definition) is 5. The quantitative estimate of drug-likeness (QED) is 0.468. The van der Waals surface area contributed by atoms with Crippen LogP contribution >= 0.6 is 0 Å². The topological polar surface area (TPSA) is 84.6 Å². The maximum atomic E-state index is 11.3. The molecule has 0 unspecified atom stereocenters. The van der Waals surface area contributed by atoms with Crippen molar-refractivity contribution >= 4 is 5.91 Å². The fourth-order valence-electron chi connectivity index (χ4n) is 1.78. The highest BCUT2D eigenvalue weighted by Crippen LogP contribution is 2.13. The van der Waals surface area contributed by atoms with Gasteiger partial charge in [0.2, 0.25) is 0 Å². The summed E-state index contributed by atoms with van der Waals surface area (Å²) in [6.07, 6.45) is 1.65. The minimum atomic E-state index is -0.430. The van der Waals surface area contributed by atoms with Gasteiger partial charge in [-0.25, -0.2) is 5.84 Å². The molecule has 0 atom stereocenters. The molecule has 0 bridgehead atoms. The Morgan fingerprint density at radius 1 is 1.32 bits per heavy atom. The molecule has 2 aromatic rings. The van der Waals surface area contributed by atoms with Gasteiger partial charge in [0.25, 0.3) is 0 Å². The van der Waals surface area contributed by atoms with Crippen LogP contribution in [0.5, 0.6) is 0 Å². The van der Waals surface area contributed by atoms with Crippen molar-refractivity contribution in [2.45, 2.75) is 20.0 Å². The number of hydrazine groups is 1. The number of furan rings is 2. The van der Waals surface area contributed by atoms with E-state index >= 15 is 0 Å². The summed E-state index contributed by atoms with van der Waals surface area (Å²) in [6.45, 7) is 4.21. The molecule has 0 aromatic carbocycles. The summed E-state index contributed by atoms with van der Waals surface area (Å²) < 4.78 is 10.7. The minimum absolute atomic E-state index is 0.214. The van der Waals surface area contributed by atoms with Crippen molar-refractivity contribution in [3.63, 3.8) is 0 Å². The average molecular weight is 263 g/mol. The SMILES string of the molecule is CCN(Cc1ccco1)Cc1ccc(C(=O)NN)o1. The van der Waals surface area contributed by atoms with Crippen molar-refractivity contribution in [1.82, 2.24) is 10.3 Å². The van der Waals surface area contributed by atoms with Gasteiger partial charge in [-0.3, -0.25) is 15.1 Å². The Balaban J connectivity index is 1.98. The normalized spacial score (nSPS) is 10.9. The van der Waals surface area contributed by atoms with Crippen LogP contribution in [0.4, 0.5) is 0 Å². The van der Waals surface area contributed by atoms with Gasteiger partial charge in [-0.05, 0) is 30.8 Å². The van der Waals surface area contributed by atoms with E-state index < -0.39 is 5.91 Å². The number of carbonyl (C=O) groups excluding carboxylic acids is 1. The Hall–Kier alpha value is -2.05. The van der Waals surface area contributed by atoms with Gasteiger partial charge in [0.1, 0.15) is 11.5 Å². The van der Waals surface area contributed by atoms with Gasteiger partial charge in [-0.2, -0.15) is 0 Å². The molecule has 0 aliphatic carbocycles. The predicted octanol–water partition coefficient (Wildman–Crippen LogP) is 1.50. The number of nitrogen functional groups attached to an aromatic ring is 1. The average Bonchev–Trinajstić information content (AvgIpc) is 3.08. The Morgan fingerprint density at radius 3 is 2.74 bits per heavy atom. The van der Waals surface area contributed by atoms with Crippen molar-refractivity contribution in [2.24, 2.45) is 5.84 Å². The largest absolute Gasteiger partial charge is 0.468 e. The van der Waals surface area contributed by atoms with Crippen LogP contribution in [-0.2, 0) is 13.1 Å². The summed E-state index contributed by atoms with van der Waals surface area (Å²) >= 11 is 0. The highest BCUT2D eigenvalue weighted by atomic mass is 16.4. The summed E-state index contributed by atoms with van der Waals surface area (Å²) in [4.78, 5) is 13.4. The molecule has 2 aromatic heterocycles. The molecule has 3 N–H and O–H groups in total. The highest BCUT2D eigenvalue weighted by molar-refractivity contribution is 5.90. The fraction of sp³-hybridized carbons (Fsp3) is 0.308. The maximum Gasteiger partial charge on any atom is 0.300 e. The first kappa shape index (κ1) is 13.4. The minimum Gasteiger partial charge on any atom is -0.468 e. The van der Waals surface area contributed by atoms with E-state index in [2.05, 4.69) is 11.8 Å². The van der Waals surface area contributed by atoms with E-state index in [4.69, 9.17) is 14.7 Å². The van der Waals surface area contributed by atoms with E-state index in [1.54, 1.807) is 18.4 Å². The zero-order valence-corrected chi connectivity index (χ0v) is 10.8. The number of carbonyl (C=O) groups is 1. The summed E-state index contributed by atoms with van der Waals surface area (Å²) in [5.41, 5.74) is 2.04. The molecule has 6 nitrogen and oxygen atoms in total. The van der Waals surface area contributed by atoms with Crippen molar-refractivity contribution in [3.05, 3.63) is 47.8 Å². The second-order valence-electron chi connectivity index (χ2n) is 4.12. The Kier molecular flexibility index (Phi) is 4.38. The second kappa shape index (κ2) is 6.21. The van der Waals surface area contributed by atoms with Gasteiger partial charge < -0.3 is 8.83 Å². The molecule has 0 radical (unpaired) electrons. The van der Waals surface area contributed by atoms with Gasteiger partial charge in [0.15, 0.2) is 5.76 Å². The number of rotatable bonds is 6. The van der Waals surface area contributed by atoms with E-state index in [9.17, 15) is 4.79 Å². The van der Waals surface area contributed by atoms with E-state index in [-0.39, 0.29) is 5.76 Å². The standard InChI is InChI=1S/C13H17N3O3/c1-2-16(8-10-4-3-7-18-10)9-11-5-6-12(19-11)13(17)15-14/h3-7H,2,8-9,14H2,1H3,(H,15,17). The molecule has 2 heterocycles. The summed E-state index contributed by atoms with van der Waals surface area (Å²) in [6, 6.07) is 7.17. The molecule has 0 spiro atoms. The lowest BCUT2D eigenvalue weighted by Gasteiger charge is -2.17. The molecule has 102 valence electrons. The molecule has 19 heavy (non-hydrogen) atoms. The first-order valence-corrected chi connectivity index (χ1v) is 6.07. The summed E-state index contributed by atoms with van der Waals surface area (Å²) in [5, 5.41) is 0. The number of nitrogens with zero attached hydrogens (tertiary/aromatic N) is 1. The number of amides is 1. The lowest BCUT2D eigenvalue weighted by molar-refractivity contribution is 0.0921. The van der Waals surface area contributed by atoms with E-state index in [0.717, 1.165) is 12.3 Å². The Morgan fingerprint density at radius 2 is 2.11 bits per heavy atom. The third-order valence-corrected chi connectivity index (χ3v) is 2.80. The molecular weight excluding hydrogens is 246 g/mol. The molecular formula is C13H17N3O3. The van der Waals surface area contributed by atoms with Crippen LogP contribution in [0.1, 0.15) is 29.0 Å². The lowest BCUT2D eigenvalue weighted by Crippen LogP contribution is -2.29. The van der Waals surface area contributed by atoms with Crippen LogP contribution in [0.25, 0.3) is 0 Å². The van der Waals surface area contributed by atoms with Crippen LogP contribution in [0.2, 0.25) is 0 Å². The van der Waals surface area contributed by atoms with E-state index in [1.165, 1.54) is 0 Å². The molecule has 6 heteroatoms. The van der Waals surface area contributed by atoms with E-state index in [0.29, 0.717) is 18.8 Å². The number of nitrogens with two attached hydrogens (primary N) is 1. The van der Waals surface area contributed by atoms with Crippen LogP contribution < -0.4 is 11.3 Å². The molecule has 0 fully saturated rings. The van der Waals surface area contributed by atoms with Crippen LogP contribution in [-0.4, -0.2) is 17.4 Å². The van der Waals surface area contributed by atoms with Crippen molar-refractivity contribution in [2.75, 3.05) is 6.54 Å². The Labute approximate surface area is 111 Å². The third kappa shape index (κ3) is 3.46. The monoisotopic (exact) mass is 263 g/mol. The Bertz CT molecular complexity index is 519. The van der Waals surface area contributed by atoms with Crippen LogP contribution in [0, 0.1) is 0 Å². The van der Waals surface area contributed by atoms with Gasteiger partial charge >= 0.3 is 5.91 Å². The summed E-state index contributed by atoms with van der Waals surface area (Å²) in [7, 11) is 0. The predicted molar refractivity (Wildman–Crippen MR) is 68.9 cm³/mol. The smallest absolute Gasteiger partial charge is 0.300 e. The number of nitrogens with one attached hydrogen (secondary N) is 1. The highest BCUT2D eigenvalue weighted by Gasteiger charge is 2.12.